The van der Waals surface area contributed by atoms with E-state index in [0.717, 1.165) is 36.7 Å². The average molecular weight is 361 g/mol. The average Bonchev–Trinajstić information content (AvgIpc) is 2.66. The molecule has 0 radical (unpaired) electrons. The van der Waals surface area contributed by atoms with Crippen LogP contribution in [0.15, 0.2) is 42.6 Å². The second-order valence-corrected chi connectivity index (χ2v) is 8.24. The van der Waals surface area contributed by atoms with E-state index in [1.807, 2.05) is 18.2 Å². The van der Waals surface area contributed by atoms with E-state index in [1.54, 1.807) is 6.20 Å². The normalized spacial score (nSPS) is 25.6. The molecule has 0 spiro atoms. The van der Waals surface area contributed by atoms with Crippen LogP contribution in [-0.4, -0.2) is 28.8 Å². The molecule has 0 saturated carbocycles. The third-order valence-corrected chi connectivity index (χ3v) is 5.57. The zero-order valence-electron chi connectivity index (χ0n) is 16.1. The van der Waals surface area contributed by atoms with Crippen LogP contribution in [0.25, 0.3) is 6.08 Å². The van der Waals surface area contributed by atoms with E-state index in [0.29, 0.717) is 23.8 Å². The van der Waals surface area contributed by atoms with Crippen LogP contribution < -0.4 is 4.90 Å². The second kappa shape index (κ2) is 7.63. The summed E-state index contributed by atoms with van der Waals surface area (Å²) in [7, 11) is 0. The van der Waals surface area contributed by atoms with Crippen LogP contribution in [0.1, 0.15) is 48.3 Å². The van der Waals surface area contributed by atoms with E-state index in [-0.39, 0.29) is 11.7 Å². The summed E-state index contributed by atoms with van der Waals surface area (Å²) >= 11 is 0. The van der Waals surface area contributed by atoms with Gasteiger partial charge in [-0.25, -0.2) is 9.97 Å². The molecule has 1 aromatic carbocycles. The molecule has 1 fully saturated rings. The van der Waals surface area contributed by atoms with Crippen molar-refractivity contribution < 1.29 is 4.79 Å². The van der Waals surface area contributed by atoms with Gasteiger partial charge in [-0.15, -0.1) is 0 Å². The van der Waals surface area contributed by atoms with Crippen LogP contribution in [0, 0.1) is 17.8 Å². The Kier molecular flexibility index (Phi) is 5.06. The van der Waals surface area contributed by atoms with Crippen molar-refractivity contribution in [1.82, 2.24) is 9.97 Å². The Bertz CT molecular complexity index is 836. The van der Waals surface area contributed by atoms with Crippen LogP contribution in [0.5, 0.6) is 0 Å². The molecule has 3 atom stereocenters. The highest BCUT2D eigenvalue weighted by Gasteiger charge is 2.28. The third-order valence-electron chi connectivity index (χ3n) is 5.57. The molecular formula is C23H27N3O. The summed E-state index contributed by atoms with van der Waals surface area (Å²) in [6.07, 6.45) is 8.62. The zero-order chi connectivity index (χ0) is 18.8. The number of rotatable bonds is 3. The van der Waals surface area contributed by atoms with E-state index in [9.17, 15) is 4.79 Å². The predicted molar refractivity (Wildman–Crippen MR) is 109 cm³/mol. The predicted octanol–water partition coefficient (Wildman–Crippen LogP) is 4.42. The molecule has 140 valence electrons. The van der Waals surface area contributed by atoms with Gasteiger partial charge in [-0.3, -0.25) is 4.79 Å². The summed E-state index contributed by atoms with van der Waals surface area (Å²) in [5.74, 6) is 2.44. The number of hydrogen-bond acceptors (Lipinski definition) is 4. The fourth-order valence-corrected chi connectivity index (χ4v) is 4.39. The molecule has 1 aromatic heterocycles. The van der Waals surface area contributed by atoms with Crippen molar-refractivity contribution in [3.8, 4) is 0 Å². The Morgan fingerprint density at radius 3 is 2.56 bits per heavy atom. The Hall–Kier alpha value is -2.49. The molecule has 4 rings (SSSR count). The second-order valence-electron chi connectivity index (χ2n) is 8.24. The molecule has 27 heavy (non-hydrogen) atoms. The summed E-state index contributed by atoms with van der Waals surface area (Å²) < 4.78 is 0. The lowest BCUT2D eigenvalue weighted by Gasteiger charge is -2.35. The summed E-state index contributed by atoms with van der Waals surface area (Å²) in [5.41, 5.74) is 2.78. The maximum atomic E-state index is 12.6. The Balaban J connectivity index is 1.54. The van der Waals surface area contributed by atoms with Crippen LogP contribution in [0.3, 0.4) is 0 Å². The van der Waals surface area contributed by atoms with Gasteiger partial charge in [0.05, 0.1) is 11.3 Å². The van der Waals surface area contributed by atoms with Crippen molar-refractivity contribution in [2.75, 3.05) is 18.0 Å². The first-order valence-electron chi connectivity index (χ1n) is 9.96. The lowest BCUT2D eigenvalue weighted by atomic mass is 9.86. The standard InChI is InChI=1S/C23H27N3O/c1-16-10-17(2)15-26(14-16)23-24-13-20-21(25-23)11-19(12-22(20)27)9-8-18-6-4-3-5-7-18/h3-9,13,16-17,19H,10-12,14-15H2,1-2H3/b9-8+/t16-,17+,19-/m1/s1. The molecule has 2 aromatic rings. The summed E-state index contributed by atoms with van der Waals surface area (Å²) in [6, 6.07) is 10.2. The SMILES string of the molecule is C[C@@H]1C[C@H](C)CN(c2ncc3c(n2)C[C@@H](/C=C/c2ccccc2)CC3=O)C1. The molecule has 1 aliphatic carbocycles. The lowest BCUT2D eigenvalue weighted by molar-refractivity contribution is 0.0957. The smallest absolute Gasteiger partial charge is 0.225 e. The number of Topliss-reactive ketones (excluding diaryl/α,β-unsaturated/α-hetero) is 1. The fraction of sp³-hybridized carbons (Fsp3) is 0.435. The van der Waals surface area contributed by atoms with Gasteiger partial charge in [-0.05, 0) is 36.2 Å². The number of nitrogens with zero attached hydrogens (tertiary/aromatic N) is 3. The van der Waals surface area contributed by atoms with Gasteiger partial charge >= 0.3 is 0 Å². The number of ketones is 1. The van der Waals surface area contributed by atoms with Gasteiger partial charge in [-0.1, -0.05) is 56.3 Å². The highest BCUT2D eigenvalue weighted by molar-refractivity contribution is 5.98. The van der Waals surface area contributed by atoms with Gasteiger partial charge in [0.25, 0.3) is 0 Å². The van der Waals surface area contributed by atoms with Crippen LogP contribution in [-0.2, 0) is 6.42 Å². The number of benzene rings is 1. The van der Waals surface area contributed by atoms with Crippen molar-refractivity contribution in [3.63, 3.8) is 0 Å². The molecule has 1 saturated heterocycles. The van der Waals surface area contributed by atoms with Gasteiger partial charge in [-0.2, -0.15) is 0 Å². The van der Waals surface area contributed by atoms with Crippen molar-refractivity contribution in [1.29, 1.82) is 0 Å². The Morgan fingerprint density at radius 2 is 1.81 bits per heavy atom. The molecule has 0 unspecified atom stereocenters. The molecule has 0 N–H and O–H groups in total. The minimum absolute atomic E-state index is 0.158. The highest BCUT2D eigenvalue weighted by Crippen LogP contribution is 2.29. The Labute approximate surface area is 161 Å². The first-order valence-corrected chi connectivity index (χ1v) is 9.96. The zero-order valence-corrected chi connectivity index (χ0v) is 16.1. The number of anilines is 1. The van der Waals surface area contributed by atoms with Gasteiger partial charge in [0.15, 0.2) is 5.78 Å². The number of fused-ring (bicyclic) bond motifs is 1. The fourth-order valence-electron chi connectivity index (χ4n) is 4.39. The minimum Gasteiger partial charge on any atom is -0.340 e. The largest absolute Gasteiger partial charge is 0.340 e. The van der Waals surface area contributed by atoms with Gasteiger partial charge in [0, 0.05) is 25.7 Å². The topological polar surface area (TPSA) is 46.1 Å². The van der Waals surface area contributed by atoms with Crippen LogP contribution >= 0.6 is 0 Å². The molecular weight excluding hydrogens is 334 g/mol. The number of carbonyl (C=O) groups is 1. The molecule has 4 nitrogen and oxygen atoms in total. The molecule has 2 heterocycles. The first kappa shape index (κ1) is 17.9. The number of piperidine rings is 1. The molecule has 4 heteroatoms. The molecule has 0 amide bonds. The first-order chi connectivity index (χ1) is 13.1. The van der Waals surface area contributed by atoms with E-state index >= 15 is 0 Å². The molecule has 0 bridgehead atoms. The quantitative estimate of drug-likeness (QED) is 0.812. The maximum Gasteiger partial charge on any atom is 0.225 e. The number of aromatic nitrogens is 2. The highest BCUT2D eigenvalue weighted by atomic mass is 16.1. The Morgan fingerprint density at radius 1 is 1.07 bits per heavy atom. The van der Waals surface area contributed by atoms with E-state index in [4.69, 9.17) is 4.98 Å². The molecule has 2 aliphatic rings. The van der Waals surface area contributed by atoms with Crippen molar-refractivity contribution >= 4 is 17.8 Å². The monoisotopic (exact) mass is 361 g/mol. The van der Waals surface area contributed by atoms with Gasteiger partial charge in [0.2, 0.25) is 5.95 Å². The van der Waals surface area contributed by atoms with E-state index in [1.165, 1.54) is 6.42 Å². The summed E-state index contributed by atoms with van der Waals surface area (Å²) in [6.45, 7) is 6.56. The summed E-state index contributed by atoms with van der Waals surface area (Å²) in [5, 5.41) is 0. The van der Waals surface area contributed by atoms with Crippen LogP contribution in [0.2, 0.25) is 0 Å². The number of carbonyl (C=O) groups excluding carboxylic acids is 1. The van der Waals surface area contributed by atoms with E-state index in [2.05, 4.69) is 48.0 Å². The summed E-state index contributed by atoms with van der Waals surface area (Å²) in [4.78, 5) is 24.2. The van der Waals surface area contributed by atoms with Crippen molar-refractivity contribution in [2.45, 2.75) is 33.1 Å². The van der Waals surface area contributed by atoms with Crippen LogP contribution in [0.4, 0.5) is 5.95 Å². The minimum atomic E-state index is 0.158. The van der Waals surface area contributed by atoms with Crippen molar-refractivity contribution in [3.05, 3.63) is 59.4 Å². The lowest BCUT2D eigenvalue weighted by Crippen LogP contribution is -2.40. The van der Waals surface area contributed by atoms with Gasteiger partial charge in [0.1, 0.15) is 0 Å². The molecule has 1 aliphatic heterocycles. The van der Waals surface area contributed by atoms with Crippen molar-refractivity contribution in [2.24, 2.45) is 17.8 Å². The van der Waals surface area contributed by atoms with Gasteiger partial charge < -0.3 is 4.90 Å². The third kappa shape index (κ3) is 4.10. The maximum absolute atomic E-state index is 12.6. The van der Waals surface area contributed by atoms with E-state index < -0.39 is 0 Å². The number of allylic oxidation sites excluding steroid dienone is 1. The number of hydrogen-bond donors (Lipinski definition) is 0.